The Balaban J connectivity index is 3.88. The van der Waals surface area contributed by atoms with E-state index < -0.39 is 12.0 Å². The van der Waals surface area contributed by atoms with Crippen LogP contribution in [0, 0.1) is 0 Å². The van der Waals surface area contributed by atoms with Crippen molar-refractivity contribution in [2.24, 2.45) is 0 Å². The highest BCUT2D eigenvalue weighted by Crippen LogP contribution is 2.12. The van der Waals surface area contributed by atoms with Gasteiger partial charge in [-0.2, -0.15) is 0 Å². The molecule has 0 aromatic rings. The number of hydrogen-bond donors (Lipinski definition) is 1. The quantitative estimate of drug-likeness (QED) is 0.0969. The largest absolute Gasteiger partial charge is 0.464 e. The van der Waals surface area contributed by atoms with Crippen LogP contribution >= 0.6 is 0 Å². The molecule has 0 aromatic carbocycles. The molecular formula is C30H57NO4. The first kappa shape index (κ1) is 33.6. The fourth-order valence-corrected chi connectivity index (χ4v) is 4.38. The van der Waals surface area contributed by atoms with Gasteiger partial charge in [-0.05, 0) is 19.8 Å². The number of nitrogens with one attached hydrogen (secondary N) is 1. The average Bonchev–Trinajstić information content (AvgIpc) is 2.82. The van der Waals surface area contributed by atoms with E-state index in [2.05, 4.69) is 19.2 Å². The molecule has 0 aliphatic rings. The van der Waals surface area contributed by atoms with Crippen molar-refractivity contribution in [3.63, 3.8) is 0 Å². The summed E-state index contributed by atoms with van der Waals surface area (Å²) >= 11 is 0. The summed E-state index contributed by atoms with van der Waals surface area (Å²) < 4.78 is 5.37. The van der Waals surface area contributed by atoms with Crippen LogP contribution in [0.5, 0.6) is 0 Å². The topological polar surface area (TPSA) is 72.5 Å². The molecule has 0 aromatic heterocycles. The summed E-state index contributed by atoms with van der Waals surface area (Å²) in [4.78, 5) is 36.3. The highest BCUT2D eigenvalue weighted by atomic mass is 16.5. The van der Waals surface area contributed by atoms with E-state index in [0.717, 1.165) is 38.5 Å². The summed E-state index contributed by atoms with van der Waals surface area (Å²) in [7, 11) is 0. The van der Waals surface area contributed by atoms with Crippen LogP contribution in [-0.2, 0) is 19.1 Å². The monoisotopic (exact) mass is 495 g/mol. The molecule has 1 unspecified atom stereocenters. The Morgan fingerprint density at radius 3 is 1.43 bits per heavy atom. The first-order valence-corrected chi connectivity index (χ1v) is 15.0. The maximum Gasteiger partial charge on any atom is 0.329 e. The summed E-state index contributed by atoms with van der Waals surface area (Å²) in [5, 5.41) is 2.73. The molecule has 206 valence electrons. The zero-order chi connectivity index (χ0) is 26.0. The minimum Gasteiger partial charge on any atom is -0.464 e. The lowest BCUT2D eigenvalue weighted by atomic mass is 10.0. The smallest absolute Gasteiger partial charge is 0.329 e. The highest BCUT2D eigenvalue weighted by molar-refractivity contribution is 5.89. The molecular weight excluding hydrogens is 438 g/mol. The van der Waals surface area contributed by atoms with E-state index in [0.29, 0.717) is 13.0 Å². The molecule has 5 nitrogen and oxygen atoms in total. The van der Waals surface area contributed by atoms with Gasteiger partial charge < -0.3 is 10.1 Å². The number of rotatable bonds is 26. The second kappa shape index (κ2) is 25.7. The predicted octanol–water partition coefficient (Wildman–Crippen LogP) is 8.23. The highest BCUT2D eigenvalue weighted by Gasteiger charge is 2.23. The number of carbonyl (C=O) groups is 3. The number of unbranched alkanes of at least 4 members (excludes halogenated alkanes) is 18. The lowest BCUT2D eigenvalue weighted by molar-refractivity contribution is -0.149. The van der Waals surface area contributed by atoms with Crippen molar-refractivity contribution in [2.45, 2.75) is 168 Å². The SMILES string of the molecule is CCCCCCCCCCCCCC(=O)NC(CC(C)=O)C(=O)OCCCCCCCCCCC. The molecule has 0 rings (SSSR count). The van der Waals surface area contributed by atoms with Gasteiger partial charge in [-0.3, -0.25) is 9.59 Å². The third-order valence-electron chi connectivity index (χ3n) is 6.61. The zero-order valence-corrected chi connectivity index (χ0v) is 23.5. The van der Waals surface area contributed by atoms with Crippen LogP contribution < -0.4 is 5.32 Å². The zero-order valence-electron chi connectivity index (χ0n) is 23.5. The Morgan fingerprint density at radius 2 is 1.00 bits per heavy atom. The molecule has 0 aliphatic heterocycles. The molecule has 1 atom stereocenters. The van der Waals surface area contributed by atoms with Crippen LogP contribution in [0.3, 0.4) is 0 Å². The molecule has 0 spiro atoms. The van der Waals surface area contributed by atoms with Crippen LogP contribution in [0.4, 0.5) is 0 Å². The standard InChI is InChI=1S/C30H57NO4/c1-4-6-8-10-12-14-15-16-18-20-22-24-29(33)31-28(26-27(3)32)30(34)35-25-23-21-19-17-13-11-9-7-5-2/h28H,4-26H2,1-3H3,(H,31,33). The molecule has 35 heavy (non-hydrogen) atoms. The Morgan fingerprint density at radius 1 is 0.600 bits per heavy atom. The van der Waals surface area contributed by atoms with E-state index in [1.807, 2.05) is 0 Å². The molecule has 1 N–H and O–H groups in total. The minimum atomic E-state index is -0.855. The van der Waals surface area contributed by atoms with Gasteiger partial charge >= 0.3 is 5.97 Å². The Bertz CT molecular complexity index is 520. The van der Waals surface area contributed by atoms with Crippen molar-refractivity contribution >= 4 is 17.7 Å². The van der Waals surface area contributed by atoms with E-state index in [1.165, 1.54) is 96.8 Å². The van der Waals surface area contributed by atoms with Gasteiger partial charge in [0, 0.05) is 12.8 Å². The molecule has 0 saturated heterocycles. The summed E-state index contributed by atoms with van der Waals surface area (Å²) in [6.45, 7) is 6.27. The van der Waals surface area contributed by atoms with Crippen molar-refractivity contribution in [2.75, 3.05) is 6.61 Å². The minimum absolute atomic E-state index is 0.000585. The van der Waals surface area contributed by atoms with E-state index in [-0.39, 0.29) is 18.1 Å². The molecule has 0 saturated carbocycles. The molecule has 1 amide bonds. The maximum atomic E-state index is 12.4. The normalized spacial score (nSPS) is 11.9. The maximum absolute atomic E-state index is 12.4. The van der Waals surface area contributed by atoms with Crippen LogP contribution in [0.2, 0.25) is 0 Å². The number of esters is 1. The van der Waals surface area contributed by atoms with Crippen molar-refractivity contribution < 1.29 is 19.1 Å². The lowest BCUT2D eigenvalue weighted by Crippen LogP contribution is -2.43. The average molecular weight is 496 g/mol. The van der Waals surface area contributed by atoms with Crippen molar-refractivity contribution in [1.82, 2.24) is 5.32 Å². The molecule has 5 heteroatoms. The molecule has 0 aliphatic carbocycles. The number of amides is 1. The molecule has 0 bridgehead atoms. The third kappa shape index (κ3) is 24.1. The Hall–Kier alpha value is -1.39. The fraction of sp³-hybridized carbons (Fsp3) is 0.900. The van der Waals surface area contributed by atoms with E-state index in [9.17, 15) is 14.4 Å². The van der Waals surface area contributed by atoms with Gasteiger partial charge in [0.05, 0.1) is 6.61 Å². The van der Waals surface area contributed by atoms with Crippen LogP contribution in [-0.4, -0.2) is 30.3 Å². The second-order valence-corrected chi connectivity index (χ2v) is 10.3. The summed E-state index contributed by atoms with van der Waals surface area (Å²) in [6.07, 6.45) is 24.8. The fourth-order valence-electron chi connectivity index (χ4n) is 4.38. The summed E-state index contributed by atoms with van der Waals surface area (Å²) in [5.41, 5.74) is 0. The molecule has 0 radical (unpaired) electrons. The predicted molar refractivity (Wildman–Crippen MR) is 146 cm³/mol. The Kier molecular flexibility index (Phi) is 24.7. The van der Waals surface area contributed by atoms with Crippen molar-refractivity contribution in [1.29, 1.82) is 0 Å². The number of hydrogen-bond acceptors (Lipinski definition) is 4. The lowest BCUT2D eigenvalue weighted by Gasteiger charge is -2.16. The van der Waals surface area contributed by atoms with Crippen LogP contribution in [0.25, 0.3) is 0 Å². The molecule has 0 heterocycles. The first-order valence-electron chi connectivity index (χ1n) is 15.0. The second-order valence-electron chi connectivity index (χ2n) is 10.3. The van der Waals surface area contributed by atoms with E-state index >= 15 is 0 Å². The van der Waals surface area contributed by atoms with E-state index in [1.54, 1.807) is 0 Å². The number of ether oxygens (including phenoxy) is 1. The van der Waals surface area contributed by atoms with Crippen molar-refractivity contribution in [3.05, 3.63) is 0 Å². The Labute approximate surface area is 216 Å². The van der Waals surface area contributed by atoms with Gasteiger partial charge in [-0.15, -0.1) is 0 Å². The first-order chi connectivity index (χ1) is 17.0. The van der Waals surface area contributed by atoms with Crippen LogP contribution in [0.15, 0.2) is 0 Å². The van der Waals surface area contributed by atoms with Gasteiger partial charge in [-0.1, -0.05) is 129 Å². The number of Topliss-reactive ketones (excluding diaryl/α,β-unsaturated/α-hetero) is 1. The van der Waals surface area contributed by atoms with Crippen molar-refractivity contribution in [3.8, 4) is 0 Å². The van der Waals surface area contributed by atoms with Gasteiger partial charge in [0.1, 0.15) is 11.8 Å². The number of carbonyl (C=O) groups excluding carboxylic acids is 3. The van der Waals surface area contributed by atoms with Crippen LogP contribution in [0.1, 0.15) is 162 Å². The van der Waals surface area contributed by atoms with Gasteiger partial charge in [0.2, 0.25) is 5.91 Å². The molecule has 0 fully saturated rings. The summed E-state index contributed by atoms with van der Waals surface area (Å²) in [5.74, 6) is -0.760. The van der Waals surface area contributed by atoms with E-state index in [4.69, 9.17) is 4.74 Å². The summed E-state index contributed by atoms with van der Waals surface area (Å²) in [6, 6.07) is -0.855. The van der Waals surface area contributed by atoms with Gasteiger partial charge in [0.15, 0.2) is 0 Å². The van der Waals surface area contributed by atoms with Gasteiger partial charge in [0.25, 0.3) is 0 Å². The van der Waals surface area contributed by atoms with Gasteiger partial charge in [-0.25, -0.2) is 4.79 Å². The third-order valence-corrected chi connectivity index (χ3v) is 6.61. The number of ketones is 1.